The topological polar surface area (TPSA) is 40.5 Å². The minimum absolute atomic E-state index is 0.250. The first-order valence-corrected chi connectivity index (χ1v) is 6.21. The summed E-state index contributed by atoms with van der Waals surface area (Å²) < 4.78 is 14.0. The standard InChI is InChI=1S/C14H18FNO2/c1-9(10-6-7-10)16(2)8-11-4-3-5-12(13(11)15)14(17)18/h3-5,9-10H,6-8H2,1-2H3,(H,17,18). The van der Waals surface area contributed by atoms with Gasteiger partial charge in [0.15, 0.2) is 0 Å². The zero-order valence-electron chi connectivity index (χ0n) is 10.7. The molecule has 0 radical (unpaired) electrons. The van der Waals surface area contributed by atoms with E-state index in [0.29, 0.717) is 24.1 Å². The van der Waals surface area contributed by atoms with Gasteiger partial charge in [-0.2, -0.15) is 0 Å². The Labute approximate surface area is 106 Å². The maximum Gasteiger partial charge on any atom is 0.338 e. The first kappa shape index (κ1) is 13.0. The molecule has 0 aromatic heterocycles. The highest BCUT2D eigenvalue weighted by Gasteiger charge is 2.30. The Morgan fingerprint density at radius 2 is 2.22 bits per heavy atom. The van der Waals surface area contributed by atoms with Crippen molar-refractivity contribution in [1.29, 1.82) is 0 Å². The van der Waals surface area contributed by atoms with E-state index >= 15 is 0 Å². The SMILES string of the molecule is CC(C1CC1)N(C)Cc1cccc(C(=O)O)c1F. The molecule has 3 nitrogen and oxygen atoms in total. The number of carboxylic acids is 1. The van der Waals surface area contributed by atoms with E-state index in [1.54, 1.807) is 12.1 Å². The Hall–Kier alpha value is -1.42. The quantitative estimate of drug-likeness (QED) is 0.874. The van der Waals surface area contributed by atoms with E-state index in [4.69, 9.17) is 5.11 Å². The van der Waals surface area contributed by atoms with Crippen LogP contribution in [0.4, 0.5) is 4.39 Å². The molecule has 1 aromatic rings. The first-order valence-electron chi connectivity index (χ1n) is 6.21. The molecule has 0 spiro atoms. The van der Waals surface area contributed by atoms with Crippen LogP contribution in [0.2, 0.25) is 0 Å². The van der Waals surface area contributed by atoms with Gasteiger partial charge in [0.2, 0.25) is 0 Å². The van der Waals surface area contributed by atoms with Crippen molar-refractivity contribution in [1.82, 2.24) is 4.90 Å². The lowest BCUT2D eigenvalue weighted by Crippen LogP contribution is -2.30. The van der Waals surface area contributed by atoms with Crippen molar-refractivity contribution < 1.29 is 14.3 Å². The number of halogens is 1. The van der Waals surface area contributed by atoms with Crippen molar-refractivity contribution in [2.24, 2.45) is 5.92 Å². The van der Waals surface area contributed by atoms with Gasteiger partial charge in [-0.25, -0.2) is 9.18 Å². The summed E-state index contributed by atoms with van der Waals surface area (Å²) in [5.74, 6) is -1.12. The van der Waals surface area contributed by atoms with Crippen molar-refractivity contribution in [3.63, 3.8) is 0 Å². The molecule has 0 aliphatic heterocycles. The summed E-state index contributed by atoms with van der Waals surface area (Å²) in [5, 5.41) is 8.88. The van der Waals surface area contributed by atoms with E-state index in [1.807, 2.05) is 7.05 Å². The van der Waals surface area contributed by atoms with Crippen LogP contribution in [0.5, 0.6) is 0 Å². The summed E-state index contributed by atoms with van der Waals surface area (Å²) >= 11 is 0. The largest absolute Gasteiger partial charge is 0.478 e. The van der Waals surface area contributed by atoms with Crippen LogP contribution in [0.15, 0.2) is 18.2 Å². The molecular formula is C14H18FNO2. The highest BCUT2D eigenvalue weighted by molar-refractivity contribution is 5.88. The van der Waals surface area contributed by atoms with E-state index in [1.165, 1.54) is 18.9 Å². The molecular weight excluding hydrogens is 233 g/mol. The number of aromatic carboxylic acids is 1. The lowest BCUT2D eigenvalue weighted by Gasteiger charge is -2.24. The van der Waals surface area contributed by atoms with Gasteiger partial charge in [0.1, 0.15) is 5.82 Å². The van der Waals surface area contributed by atoms with E-state index in [2.05, 4.69) is 11.8 Å². The first-order chi connectivity index (χ1) is 8.50. The van der Waals surface area contributed by atoms with Gasteiger partial charge in [-0.05, 0) is 38.8 Å². The molecule has 0 saturated heterocycles. The molecule has 1 aliphatic rings. The van der Waals surface area contributed by atoms with E-state index < -0.39 is 11.8 Å². The molecule has 1 fully saturated rings. The van der Waals surface area contributed by atoms with Crippen LogP contribution >= 0.6 is 0 Å². The van der Waals surface area contributed by atoms with Crippen LogP contribution in [-0.4, -0.2) is 29.1 Å². The minimum Gasteiger partial charge on any atom is -0.478 e. The fraction of sp³-hybridized carbons (Fsp3) is 0.500. The average molecular weight is 251 g/mol. The molecule has 18 heavy (non-hydrogen) atoms. The highest BCUT2D eigenvalue weighted by atomic mass is 19.1. The molecule has 1 unspecified atom stereocenters. The molecule has 0 amide bonds. The number of rotatable bonds is 5. The second-order valence-corrected chi connectivity index (χ2v) is 5.08. The number of carbonyl (C=O) groups is 1. The van der Waals surface area contributed by atoms with Crippen molar-refractivity contribution in [2.75, 3.05) is 7.05 Å². The third-order valence-corrected chi connectivity index (χ3v) is 3.73. The van der Waals surface area contributed by atoms with Gasteiger partial charge in [-0.15, -0.1) is 0 Å². The summed E-state index contributed by atoms with van der Waals surface area (Å²) in [5.41, 5.74) is 0.199. The summed E-state index contributed by atoms with van der Waals surface area (Å²) in [7, 11) is 1.95. The number of carboxylic acid groups (broad SMARTS) is 1. The molecule has 1 atom stereocenters. The number of nitrogens with zero attached hydrogens (tertiary/aromatic N) is 1. The van der Waals surface area contributed by atoms with Crippen molar-refractivity contribution in [2.45, 2.75) is 32.4 Å². The smallest absolute Gasteiger partial charge is 0.338 e. The third kappa shape index (κ3) is 2.70. The molecule has 1 N–H and O–H groups in total. The molecule has 1 aromatic carbocycles. The lowest BCUT2D eigenvalue weighted by atomic mass is 10.1. The van der Waals surface area contributed by atoms with Crippen LogP contribution in [0, 0.1) is 11.7 Å². The van der Waals surface area contributed by atoms with Gasteiger partial charge < -0.3 is 5.11 Å². The number of hydrogen-bond acceptors (Lipinski definition) is 2. The van der Waals surface area contributed by atoms with Crippen LogP contribution in [0.3, 0.4) is 0 Å². The Balaban J connectivity index is 2.13. The van der Waals surface area contributed by atoms with Crippen molar-refractivity contribution in [3.05, 3.63) is 35.1 Å². The van der Waals surface area contributed by atoms with Gasteiger partial charge in [0, 0.05) is 18.2 Å². The number of benzene rings is 1. The van der Waals surface area contributed by atoms with Gasteiger partial charge in [-0.1, -0.05) is 12.1 Å². The Morgan fingerprint density at radius 1 is 1.56 bits per heavy atom. The summed E-state index contributed by atoms with van der Waals surface area (Å²) in [6, 6.07) is 4.96. The normalized spacial score (nSPS) is 16.9. The molecule has 2 rings (SSSR count). The lowest BCUT2D eigenvalue weighted by molar-refractivity contribution is 0.0691. The van der Waals surface area contributed by atoms with Crippen LogP contribution in [-0.2, 0) is 6.54 Å². The Morgan fingerprint density at radius 3 is 2.78 bits per heavy atom. The molecule has 98 valence electrons. The molecule has 0 bridgehead atoms. The zero-order chi connectivity index (χ0) is 13.3. The Kier molecular flexibility index (Phi) is 3.66. The van der Waals surface area contributed by atoms with E-state index in [-0.39, 0.29) is 5.56 Å². The van der Waals surface area contributed by atoms with Crippen molar-refractivity contribution >= 4 is 5.97 Å². The fourth-order valence-electron chi connectivity index (χ4n) is 2.22. The van der Waals surface area contributed by atoms with E-state index in [0.717, 1.165) is 0 Å². The molecule has 4 heteroatoms. The molecule has 0 heterocycles. The fourth-order valence-corrected chi connectivity index (χ4v) is 2.22. The number of hydrogen-bond donors (Lipinski definition) is 1. The van der Waals surface area contributed by atoms with Crippen LogP contribution in [0.25, 0.3) is 0 Å². The molecule has 1 aliphatic carbocycles. The predicted octanol–water partition coefficient (Wildman–Crippen LogP) is 2.75. The Bertz CT molecular complexity index is 457. The highest BCUT2D eigenvalue weighted by Crippen LogP contribution is 2.35. The zero-order valence-corrected chi connectivity index (χ0v) is 10.7. The van der Waals surface area contributed by atoms with Gasteiger partial charge >= 0.3 is 5.97 Å². The summed E-state index contributed by atoms with van der Waals surface area (Å²) in [6.07, 6.45) is 2.48. The summed E-state index contributed by atoms with van der Waals surface area (Å²) in [4.78, 5) is 12.9. The van der Waals surface area contributed by atoms with Crippen molar-refractivity contribution in [3.8, 4) is 0 Å². The predicted molar refractivity (Wildman–Crippen MR) is 67.0 cm³/mol. The maximum atomic E-state index is 14.0. The monoisotopic (exact) mass is 251 g/mol. The summed E-state index contributed by atoms with van der Waals surface area (Å²) in [6.45, 7) is 2.58. The van der Waals surface area contributed by atoms with E-state index in [9.17, 15) is 9.18 Å². The van der Waals surface area contributed by atoms with Gasteiger partial charge in [-0.3, -0.25) is 4.90 Å². The second-order valence-electron chi connectivity index (χ2n) is 5.08. The van der Waals surface area contributed by atoms with Gasteiger partial charge in [0.05, 0.1) is 5.56 Å². The van der Waals surface area contributed by atoms with Crippen LogP contribution < -0.4 is 0 Å². The molecule has 1 saturated carbocycles. The van der Waals surface area contributed by atoms with Crippen LogP contribution in [0.1, 0.15) is 35.7 Å². The second kappa shape index (κ2) is 5.06. The maximum absolute atomic E-state index is 14.0. The van der Waals surface area contributed by atoms with Gasteiger partial charge in [0.25, 0.3) is 0 Å². The average Bonchev–Trinajstić information content (AvgIpc) is 3.14. The minimum atomic E-state index is -1.22. The third-order valence-electron chi connectivity index (χ3n) is 3.73.